The number of nitrogens with zero attached hydrogens (tertiary/aromatic N) is 5. The van der Waals surface area contributed by atoms with Gasteiger partial charge < -0.3 is 4.90 Å². The van der Waals surface area contributed by atoms with Gasteiger partial charge in [-0.15, -0.1) is 0 Å². The van der Waals surface area contributed by atoms with Gasteiger partial charge in [0.15, 0.2) is 0 Å². The Morgan fingerprint density at radius 3 is 2.62 bits per heavy atom. The van der Waals surface area contributed by atoms with Crippen LogP contribution in [0.3, 0.4) is 0 Å². The van der Waals surface area contributed by atoms with Crippen LogP contribution < -0.4 is 0 Å². The van der Waals surface area contributed by atoms with Crippen LogP contribution in [0.5, 0.6) is 0 Å². The van der Waals surface area contributed by atoms with Crippen LogP contribution in [0.15, 0.2) is 30.7 Å². The average molecular weight is 327 g/mol. The van der Waals surface area contributed by atoms with Crippen LogP contribution in [0.2, 0.25) is 0 Å². The van der Waals surface area contributed by atoms with Crippen LogP contribution in [0.1, 0.15) is 41.4 Å². The van der Waals surface area contributed by atoms with Crippen molar-refractivity contribution in [3.05, 3.63) is 47.5 Å². The first-order valence-corrected chi connectivity index (χ1v) is 8.48. The summed E-state index contributed by atoms with van der Waals surface area (Å²) in [6, 6.07) is 4.06. The van der Waals surface area contributed by atoms with Crippen LogP contribution in [-0.2, 0) is 13.6 Å². The molecule has 0 N–H and O–H groups in total. The van der Waals surface area contributed by atoms with Crippen molar-refractivity contribution in [3.8, 4) is 0 Å². The summed E-state index contributed by atoms with van der Waals surface area (Å²) in [4.78, 5) is 21.3. The summed E-state index contributed by atoms with van der Waals surface area (Å²) in [5.74, 6) is 0.352. The topological polar surface area (TPSA) is 54.3 Å². The third-order valence-corrected chi connectivity index (χ3v) is 4.42. The molecule has 0 saturated carbocycles. The molecule has 1 aliphatic rings. The number of carbonyl (C=O) groups excluding carboxylic acids is 1. The van der Waals surface area contributed by atoms with Crippen molar-refractivity contribution in [1.82, 2.24) is 24.6 Å². The summed E-state index contributed by atoms with van der Waals surface area (Å²) in [5.41, 5.74) is 2.85. The maximum Gasteiger partial charge on any atom is 0.257 e. The Balaban J connectivity index is 1.61. The molecule has 0 atom stereocenters. The lowest BCUT2D eigenvalue weighted by atomic mass is 10.1. The van der Waals surface area contributed by atoms with E-state index in [0.29, 0.717) is 0 Å². The summed E-state index contributed by atoms with van der Waals surface area (Å²) in [5, 5.41) is 4.45. The maximum absolute atomic E-state index is 12.8. The van der Waals surface area contributed by atoms with E-state index in [-0.39, 0.29) is 11.8 Å². The van der Waals surface area contributed by atoms with E-state index in [1.54, 1.807) is 10.9 Å². The van der Waals surface area contributed by atoms with E-state index < -0.39 is 0 Å². The second kappa shape index (κ2) is 7.13. The van der Waals surface area contributed by atoms with Crippen molar-refractivity contribution in [3.63, 3.8) is 0 Å². The van der Waals surface area contributed by atoms with Crippen molar-refractivity contribution in [2.75, 3.05) is 26.2 Å². The first-order chi connectivity index (χ1) is 11.5. The maximum atomic E-state index is 12.8. The number of aromatic nitrogens is 3. The highest BCUT2D eigenvalue weighted by Crippen LogP contribution is 2.20. The second-order valence-corrected chi connectivity index (χ2v) is 6.69. The van der Waals surface area contributed by atoms with Gasteiger partial charge >= 0.3 is 0 Å². The molecular weight excluding hydrogens is 302 g/mol. The van der Waals surface area contributed by atoms with Crippen LogP contribution in [0.25, 0.3) is 0 Å². The van der Waals surface area contributed by atoms with Gasteiger partial charge in [-0.05, 0) is 17.5 Å². The SMILES string of the molecule is CC(C)c1nn(C)cc1C(=O)N1CCN(Cc2cccnc2)CC1. The average Bonchev–Trinajstić information content (AvgIpc) is 2.98. The summed E-state index contributed by atoms with van der Waals surface area (Å²) in [7, 11) is 1.87. The van der Waals surface area contributed by atoms with Gasteiger partial charge in [-0.25, -0.2) is 0 Å². The highest BCUT2D eigenvalue weighted by Gasteiger charge is 2.26. The molecule has 1 aliphatic heterocycles. The smallest absolute Gasteiger partial charge is 0.257 e. The van der Waals surface area contributed by atoms with Crippen molar-refractivity contribution < 1.29 is 4.79 Å². The quantitative estimate of drug-likeness (QED) is 0.861. The molecule has 0 radical (unpaired) electrons. The molecule has 24 heavy (non-hydrogen) atoms. The molecule has 0 unspecified atom stereocenters. The lowest BCUT2D eigenvalue weighted by Crippen LogP contribution is -2.48. The van der Waals surface area contributed by atoms with Crippen molar-refractivity contribution in [2.24, 2.45) is 7.05 Å². The zero-order valence-electron chi connectivity index (χ0n) is 14.6. The first-order valence-electron chi connectivity index (χ1n) is 8.48. The molecule has 1 amide bonds. The summed E-state index contributed by atoms with van der Waals surface area (Å²) in [6.45, 7) is 8.32. The predicted octanol–water partition coefficient (Wildman–Crippen LogP) is 1.90. The summed E-state index contributed by atoms with van der Waals surface area (Å²) >= 11 is 0. The van der Waals surface area contributed by atoms with E-state index in [2.05, 4.69) is 34.9 Å². The zero-order chi connectivity index (χ0) is 17.1. The van der Waals surface area contributed by atoms with Gasteiger partial charge in [0.05, 0.1) is 11.3 Å². The van der Waals surface area contributed by atoms with Crippen LogP contribution >= 0.6 is 0 Å². The van der Waals surface area contributed by atoms with E-state index in [0.717, 1.165) is 44.0 Å². The minimum absolute atomic E-state index is 0.104. The molecule has 3 rings (SSSR count). The predicted molar refractivity (Wildman–Crippen MR) is 92.7 cm³/mol. The van der Waals surface area contributed by atoms with E-state index in [9.17, 15) is 4.79 Å². The number of hydrogen-bond acceptors (Lipinski definition) is 4. The van der Waals surface area contributed by atoms with Gasteiger partial charge in [0.1, 0.15) is 0 Å². The number of aryl methyl sites for hydroxylation is 1. The molecular formula is C18H25N5O. The molecule has 3 heterocycles. The number of amides is 1. The van der Waals surface area contributed by atoms with E-state index in [1.807, 2.05) is 30.4 Å². The fraction of sp³-hybridized carbons (Fsp3) is 0.500. The van der Waals surface area contributed by atoms with Gasteiger partial charge in [-0.2, -0.15) is 5.10 Å². The first kappa shape index (κ1) is 16.6. The minimum atomic E-state index is 0.104. The Bertz CT molecular complexity index is 687. The van der Waals surface area contributed by atoms with Gasteiger partial charge in [0.2, 0.25) is 0 Å². The van der Waals surface area contributed by atoms with Crippen molar-refractivity contribution in [2.45, 2.75) is 26.3 Å². The van der Waals surface area contributed by atoms with E-state index >= 15 is 0 Å². The Morgan fingerprint density at radius 2 is 2.00 bits per heavy atom. The fourth-order valence-corrected chi connectivity index (χ4v) is 3.13. The van der Waals surface area contributed by atoms with Crippen LogP contribution in [-0.4, -0.2) is 56.7 Å². The third kappa shape index (κ3) is 3.64. The molecule has 0 spiro atoms. The molecule has 0 bridgehead atoms. The van der Waals surface area contributed by atoms with E-state index in [4.69, 9.17) is 0 Å². The highest BCUT2D eigenvalue weighted by atomic mass is 16.2. The molecule has 2 aromatic heterocycles. The summed E-state index contributed by atoms with van der Waals surface area (Å²) < 4.78 is 1.74. The Labute approximate surface area is 143 Å². The number of rotatable bonds is 4. The largest absolute Gasteiger partial charge is 0.336 e. The normalized spacial score (nSPS) is 15.9. The Morgan fingerprint density at radius 1 is 1.25 bits per heavy atom. The highest BCUT2D eigenvalue weighted by molar-refractivity contribution is 5.95. The second-order valence-electron chi connectivity index (χ2n) is 6.69. The van der Waals surface area contributed by atoms with Gasteiger partial charge in [-0.1, -0.05) is 19.9 Å². The molecule has 128 valence electrons. The molecule has 6 heteroatoms. The number of hydrogen-bond donors (Lipinski definition) is 0. The zero-order valence-corrected chi connectivity index (χ0v) is 14.6. The van der Waals surface area contributed by atoms with Crippen molar-refractivity contribution >= 4 is 5.91 Å². The van der Waals surface area contributed by atoms with E-state index in [1.165, 1.54) is 5.56 Å². The lowest BCUT2D eigenvalue weighted by molar-refractivity contribution is 0.0627. The van der Waals surface area contributed by atoms with Crippen LogP contribution in [0, 0.1) is 0 Å². The molecule has 0 aliphatic carbocycles. The molecule has 1 fully saturated rings. The fourth-order valence-electron chi connectivity index (χ4n) is 3.13. The lowest BCUT2D eigenvalue weighted by Gasteiger charge is -2.34. The molecule has 0 aromatic carbocycles. The van der Waals surface area contributed by atoms with Gasteiger partial charge in [0, 0.05) is 58.4 Å². The molecule has 1 saturated heterocycles. The number of piperazine rings is 1. The third-order valence-electron chi connectivity index (χ3n) is 4.42. The Kier molecular flexibility index (Phi) is 4.94. The summed E-state index contributed by atoms with van der Waals surface area (Å²) in [6.07, 6.45) is 5.54. The van der Waals surface area contributed by atoms with Crippen LogP contribution in [0.4, 0.5) is 0 Å². The number of carbonyl (C=O) groups is 1. The van der Waals surface area contributed by atoms with Gasteiger partial charge in [0.25, 0.3) is 5.91 Å². The molecule has 2 aromatic rings. The Hall–Kier alpha value is -2.21. The standard InChI is InChI=1S/C18H25N5O/c1-14(2)17-16(13-21(3)20-17)18(24)23-9-7-22(8-10-23)12-15-5-4-6-19-11-15/h4-6,11,13-14H,7-10,12H2,1-3H3. The van der Waals surface area contributed by atoms with Crippen molar-refractivity contribution in [1.29, 1.82) is 0 Å². The monoisotopic (exact) mass is 327 g/mol. The number of pyridine rings is 1. The molecule has 6 nitrogen and oxygen atoms in total. The minimum Gasteiger partial charge on any atom is -0.336 e. The van der Waals surface area contributed by atoms with Gasteiger partial charge in [-0.3, -0.25) is 19.4 Å².